The van der Waals surface area contributed by atoms with E-state index in [-0.39, 0.29) is 18.9 Å². The molecule has 6 nitrogen and oxygen atoms in total. The van der Waals surface area contributed by atoms with Gasteiger partial charge in [0.25, 0.3) is 0 Å². The molecule has 0 spiro atoms. The van der Waals surface area contributed by atoms with E-state index in [2.05, 4.69) is 4.74 Å². The third-order valence-corrected chi connectivity index (χ3v) is 1.56. The van der Waals surface area contributed by atoms with Gasteiger partial charge in [-0.2, -0.15) is 0 Å². The van der Waals surface area contributed by atoms with Gasteiger partial charge in [0.05, 0.1) is 18.9 Å². The number of carbonyl (C=O) groups is 3. The van der Waals surface area contributed by atoms with Crippen molar-refractivity contribution in [2.24, 2.45) is 0 Å². The van der Waals surface area contributed by atoms with Crippen molar-refractivity contribution in [2.75, 3.05) is 0 Å². The lowest BCUT2D eigenvalue weighted by atomic mass is 10.3. The van der Waals surface area contributed by atoms with Gasteiger partial charge in [-0.25, -0.2) is 4.79 Å². The zero-order valence-electron chi connectivity index (χ0n) is 9.56. The standard InChI is InChI=1S/C10H16O6/c1-6(2)15-8(11)4-5-9(12)16-7(3)10(13)14/h6-7H,4-5H2,1-3H3,(H,13,14). The van der Waals surface area contributed by atoms with Gasteiger partial charge in [-0.1, -0.05) is 0 Å². The summed E-state index contributed by atoms with van der Waals surface area (Å²) < 4.78 is 9.31. The molecule has 6 heteroatoms. The largest absolute Gasteiger partial charge is 0.479 e. The van der Waals surface area contributed by atoms with Gasteiger partial charge in [-0.3, -0.25) is 9.59 Å². The molecule has 0 bridgehead atoms. The van der Waals surface area contributed by atoms with Crippen molar-refractivity contribution >= 4 is 17.9 Å². The molecular weight excluding hydrogens is 216 g/mol. The predicted octanol–water partition coefficient (Wildman–Crippen LogP) is 0.734. The molecule has 0 saturated carbocycles. The maximum absolute atomic E-state index is 11.1. The topological polar surface area (TPSA) is 89.9 Å². The fraction of sp³-hybridized carbons (Fsp3) is 0.700. The van der Waals surface area contributed by atoms with E-state index in [1.54, 1.807) is 13.8 Å². The summed E-state index contributed by atoms with van der Waals surface area (Å²) in [5, 5.41) is 8.46. The van der Waals surface area contributed by atoms with E-state index < -0.39 is 24.0 Å². The van der Waals surface area contributed by atoms with Crippen LogP contribution in [0.4, 0.5) is 0 Å². The molecule has 0 aromatic carbocycles. The van der Waals surface area contributed by atoms with Crippen molar-refractivity contribution in [3.05, 3.63) is 0 Å². The van der Waals surface area contributed by atoms with E-state index in [1.165, 1.54) is 6.92 Å². The summed E-state index contributed by atoms with van der Waals surface area (Å²) in [6.45, 7) is 4.64. The van der Waals surface area contributed by atoms with Crippen molar-refractivity contribution in [3.63, 3.8) is 0 Å². The summed E-state index contributed by atoms with van der Waals surface area (Å²) in [7, 11) is 0. The molecule has 0 aliphatic rings. The molecule has 16 heavy (non-hydrogen) atoms. The van der Waals surface area contributed by atoms with Crippen molar-refractivity contribution in [3.8, 4) is 0 Å². The molecule has 1 atom stereocenters. The van der Waals surface area contributed by atoms with Gasteiger partial charge in [0.2, 0.25) is 0 Å². The lowest BCUT2D eigenvalue weighted by molar-refractivity contribution is -0.163. The fourth-order valence-corrected chi connectivity index (χ4v) is 0.832. The van der Waals surface area contributed by atoms with E-state index in [4.69, 9.17) is 9.84 Å². The second-order valence-electron chi connectivity index (χ2n) is 3.51. The average Bonchev–Trinajstić information content (AvgIpc) is 2.13. The second-order valence-corrected chi connectivity index (χ2v) is 3.51. The van der Waals surface area contributed by atoms with E-state index in [0.29, 0.717) is 0 Å². The minimum absolute atomic E-state index is 0.108. The van der Waals surface area contributed by atoms with Gasteiger partial charge in [0.15, 0.2) is 6.10 Å². The van der Waals surface area contributed by atoms with Gasteiger partial charge >= 0.3 is 17.9 Å². The van der Waals surface area contributed by atoms with Gasteiger partial charge in [0.1, 0.15) is 0 Å². The molecule has 0 fully saturated rings. The van der Waals surface area contributed by atoms with Crippen LogP contribution in [0.25, 0.3) is 0 Å². The Bertz CT molecular complexity index is 270. The Hall–Kier alpha value is -1.59. The Morgan fingerprint density at radius 3 is 1.81 bits per heavy atom. The highest BCUT2D eigenvalue weighted by molar-refractivity contribution is 5.80. The van der Waals surface area contributed by atoms with Crippen molar-refractivity contribution in [2.45, 2.75) is 45.8 Å². The van der Waals surface area contributed by atoms with Gasteiger partial charge in [-0.15, -0.1) is 0 Å². The number of hydrogen-bond donors (Lipinski definition) is 1. The van der Waals surface area contributed by atoms with Crippen LogP contribution in [0.2, 0.25) is 0 Å². The number of ether oxygens (including phenoxy) is 2. The van der Waals surface area contributed by atoms with Crippen molar-refractivity contribution in [1.29, 1.82) is 0 Å². The number of hydrogen-bond acceptors (Lipinski definition) is 5. The summed E-state index contributed by atoms with van der Waals surface area (Å²) in [4.78, 5) is 32.4. The molecule has 0 rings (SSSR count). The van der Waals surface area contributed by atoms with Crippen LogP contribution in [-0.2, 0) is 23.9 Å². The first kappa shape index (κ1) is 14.4. The van der Waals surface area contributed by atoms with Crippen LogP contribution in [0.3, 0.4) is 0 Å². The Balaban J connectivity index is 3.81. The third kappa shape index (κ3) is 6.80. The predicted molar refractivity (Wildman–Crippen MR) is 53.7 cm³/mol. The number of carboxylic acid groups (broad SMARTS) is 1. The lowest BCUT2D eigenvalue weighted by Gasteiger charge is -2.09. The van der Waals surface area contributed by atoms with Crippen molar-refractivity contribution in [1.82, 2.24) is 0 Å². The summed E-state index contributed by atoms with van der Waals surface area (Å²) in [5.41, 5.74) is 0. The average molecular weight is 232 g/mol. The summed E-state index contributed by atoms with van der Waals surface area (Å²) in [6.07, 6.45) is -1.72. The van der Waals surface area contributed by atoms with Crippen LogP contribution in [0, 0.1) is 0 Å². The second kappa shape index (κ2) is 6.81. The third-order valence-electron chi connectivity index (χ3n) is 1.56. The number of rotatable bonds is 6. The fourth-order valence-electron chi connectivity index (χ4n) is 0.832. The Morgan fingerprint density at radius 2 is 1.44 bits per heavy atom. The van der Waals surface area contributed by atoms with E-state index in [1.807, 2.05) is 0 Å². The first-order chi connectivity index (χ1) is 7.32. The Morgan fingerprint density at radius 1 is 1.00 bits per heavy atom. The molecule has 0 saturated heterocycles. The summed E-state index contributed by atoms with van der Waals surface area (Å²) in [5.74, 6) is -2.45. The van der Waals surface area contributed by atoms with E-state index in [0.717, 1.165) is 0 Å². The molecule has 1 N–H and O–H groups in total. The number of esters is 2. The molecule has 0 aliphatic heterocycles. The van der Waals surface area contributed by atoms with Gasteiger partial charge < -0.3 is 14.6 Å². The SMILES string of the molecule is CC(C)OC(=O)CCC(=O)OC(C)C(=O)O. The zero-order valence-corrected chi connectivity index (χ0v) is 9.56. The van der Waals surface area contributed by atoms with Crippen molar-refractivity contribution < 1.29 is 29.0 Å². The smallest absolute Gasteiger partial charge is 0.344 e. The minimum Gasteiger partial charge on any atom is -0.479 e. The zero-order chi connectivity index (χ0) is 12.7. The molecular formula is C10H16O6. The summed E-state index contributed by atoms with van der Waals surface area (Å²) >= 11 is 0. The van der Waals surface area contributed by atoms with Gasteiger partial charge in [-0.05, 0) is 20.8 Å². The normalized spacial score (nSPS) is 12.0. The minimum atomic E-state index is -1.22. The molecule has 0 aliphatic carbocycles. The molecule has 92 valence electrons. The van der Waals surface area contributed by atoms with Crippen LogP contribution in [0.15, 0.2) is 0 Å². The van der Waals surface area contributed by atoms with Crippen LogP contribution >= 0.6 is 0 Å². The first-order valence-corrected chi connectivity index (χ1v) is 4.94. The highest BCUT2D eigenvalue weighted by Crippen LogP contribution is 2.01. The molecule has 0 amide bonds. The van der Waals surface area contributed by atoms with Gasteiger partial charge in [0, 0.05) is 0 Å². The number of aliphatic carboxylic acids is 1. The highest BCUT2D eigenvalue weighted by atomic mass is 16.6. The molecule has 0 heterocycles. The van der Waals surface area contributed by atoms with Crippen LogP contribution in [0.5, 0.6) is 0 Å². The monoisotopic (exact) mass is 232 g/mol. The molecule has 1 unspecified atom stereocenters. The lowest BCUT2D eigenvalue weighted by Crippen LogP contribution is -2.24. The van der Waals surface area contributed by atoms with E-state index in [9.17, 15) is 14.4 Å². The van der Waals surface area contributed by atoms with Crippen LogP contribution in [0.1, 0.15) is 33.6 Å². The molecule has 0 aromatic rings. The van der Waals surface area contributed by atoms with Crippen LogP contribution < -0.4 is 0 Å². The highest BCUT2D eigenvalue weighted by Gasteiger charge is 2.17. The summed E-state index contributed by atoms with van der Waals surface area (Å²) in [6, 6.07) is 0. The molecule has 0 radical (unpaired) electrons. The Labute approximate surface area is 93.5 Å². The molecule has 0 aromatic heterocycles. The number of carbonyl (C=O) groups excluding carboxylic acids is 2. The Kier molecular flexibility index (Phi) is 6.14. The van der Waals surface area contributed by atoms with Crippen LogP contribution in [-0.4, -0.2) is 35.2 Å². The quantitative estimate of drug-likeness (QED) is 0.679. The maximum Gasteiger partial charge on any atom is 0.344 e. The first-order valence-electron chi connectivity index (χ1n) is 4.94. The number of carboxylic acids is 1. The van der Waals surface area contributed by atoms with E-state index >= 15 is 0 Å². The maximum atomic E-state index is 11.1.